The molecule has 0 N–H and O–H groups in total. The van der Waals surface area contributed by atoms with Crippen LogP contribution in [0.1, 0.15) is 16.8 Å². The summed E-state index contributed by atoms with van der Waals surface area (Å²) < 4.78 is 0. The SMILES string of the molecule is Cc1csc(N2CCN(Cc3cccc([N+](=O)[O-])c3C)CC2)n1. The van der Waals surface area contributed by atoms with Crippen molar-refractivity contribution in [1.82, 2.24) is 9.88 Å². The van der Waals surface area contributed by atoms with Crippen LogP contribution in [0, 0.1) is 24.0 Å². The molecule has 0 unspecified atom stereocenters. The topological polar surface area (TPSA) is 62.5 Å². The van der Waals surface area contributed by atoms with Crippen LogP contribution in [-0.2, 0) is 6.54 Å². The van der Waals surface area contributed by atoms with Crippen molar-refractivity contribution in [2.75, 3.05) is 31.1 Å². The van der Waals surface area contributed by atoms with Gasteiger partial charge >= 0.3 is 0 Å². The molecule has 2 aromatic rings. The fourth-order valence-electron chi connectivity index (χ4n) is 2.86. The summed E-state index contributed by atoms with van der Waals surface area (Å²) in [6.07, 6.45) is 0. The Kier molecular flexibility index (Phi) is 4.58. The molecule has 0 radical (unpaired) electrons. The number of hydrogen-bond acceptors (Lipinski definition) is 6. The van der Waals surface area contributed by atoms with Gasteiger partial charge in [-0.15, -0.1) is 11.3 Å². The van der Waals surface area contributed by atoms with E-state index in [4.69, 9.17) is 0 Å². The molecule has 122 valence electrons. The molecule has 0 saturated carbocycles. The summed E-state index contributed by atoms with van der Waals surface area (Å²) in [5, 5.41) is 14.2. The smallest absolute Gasteiger partial charge is 0.272 e. The van der Waals surface area contributed by atoms with Crippen LogP contribution in [0.4, 0.5) is 10.8 Å². The number of hydrogen-bond donors (Lipinski definition) is 0. The van der Waals surface area contributed by atoms with Crippen LogP contribution in [0.25, 0.3) is 0 Å². The monoisotopic (exact) mass is 332 g/mol. The molecule has 7 heteroatoms. The maximum atomic E-state index is 11.0. The second-order valence-corrected chi connectivity index (χ2v) is 6.69. The summed E-state index contributed by atoms with van der Waals surface area (Å²) in [6.45, 7) is 8.39. The molecule has 1 aliphatic rings. The van der Waals surface area contributed by atoms with Crippen LogP contribution in [-0.4, -0.2) is 41.0 Å². The van der Waals surface area contributed by atoms with Gasteiger partial charge in [0.05, 0.1) is 10.6 Å². The molecular formula is C16H20N4O2S. The van der Waals surface area contributed by atoms with Gasteiger partial charge in [0, 0.05) is 49.7 Å². The van der Waals surface area contributed by atoms with Crippen molar-refractivity contribution in [3.05, 3.63) is 50.5 Å². The minimum atomic E-state index is -0.304. The van der Waals surface area contributed by atoms with E-state index in [9.17, 15) is 10.1 Å². The van der Waals surface area contributed by atoms with E-state index >= 15 is 0 Å². The Balaban J connectivity index is 1.63. The summed E-state index contributed by atoms with van der Waals surface area (Å²) in [6, 6.07) is 5.33. The quantitative estimate of drug-likeness (QED) is 0.636. The predicted octanol–water partition coefficient (Wildman–Crippen LogP) is 2.99. The number of benzene rings is 1. The zero-order valence-corrected chi connectivity index (χ0v) is 14.2. The third-order valence-electron chi connectivity index (χ3n) is 4.26. The van der Waals surface area contributed by atoms with Crippen LogP contribution in [0.15, 0.2) is 23.6 Å². The first-order valence-corrected chi connectivity index (χ1v) is 8.55. The zero-order chi connectivity index (χ0) is 16.4. The molecule has 1 aromatic heterocycles. The van der Waals surface area contributed by atoms with Crippen LogP contribution in [0.2, 0.25) is 0 Å². The van der Waals surface area contributed by atoms with Crippen LogP contribution >= 0.6 is 11.3 Å². The first kappa shape index (κ1) is 15.9. The van der Waals surface area contributed by atoms with Gasteiger partial charge in [0.15, 0.2) is 5.13 Å². The van der Waals surface area contributed by atoms with E-state index < -0.39 is 0 Å². The Hall–Kier alpha value is -1.99. The van der Waals surface area contributed by atoms with Gasteiger partial charge in [-0.3, -0.25) is 15.0 Å². The Morgan fingerprint density at radius 2 is 2.00 bits per heavy atom. The van der Waals surface area contributed by atoms with Crippen molar-refractivity contribution in [1.29, 1.82) is 0 Å². The first-order valence-electron chi connectivity index (χ1n) is 7.67. The highest BCUT2D eigenvalue weighted by molar-refractivity contribution is 7.13. The molecule has 2 heterocycles. The van der Waals surface area contributed by atoms with E-state index in [1.807, 2.05) is 19.9 Å². The molecule has 23 heavy (non-hydrogen) atoms. The lowest BCUT2D eigenvalue weighted by atomic mass is 10.1. The Morgan fingerprint density at radius 3 is 2.61 bits per heavy atom. The molecule has 1 aromatic carbocycles. The van der Waals surface area contributed by atoms with Crippen molar-refractivity contribution >= 4 is 22.2 Å². The highest BCUT2D eigenvalue weighted by atomic mass is 32.1. The van der Waals surface area contributed by atoms with Crippen molar-refractivity contribution in [3.63, 3.8) is 0 Å². The highest BCUT2D eigenvalue weighted by Gasteiger charge is 2.21. The van der Waals surface area contributed by atoms with Gasteiger partial charge in [-0.05, 0) is 19.4 Å². The Bertz CT molecular complexity index is 708. The maximum Gasteiger partial charge on any atom is 0.272 e. The van der Waals surface area contributed by atoms with Gasteiger partial charge in [-0.1, -0.05) is 12.1 Å². The van der Waals surface area contributed by atoms with Gasteiger partial charge in [0.2, 0.25) is 0 Å². The molecule has 6 nitrogen and oxygen atoms in total. The molecule has 0 spiro atoms. The van der Waals surface area contributed by atoms with Gasteiger partial charge in [0.1, 0.15) is 0 Å². The maximum absolute atomic E-state index is 11.0. The lowest BCUT2D eigenvalue weighted by Gasteiger charge is -2.34. The first-order chi connectivity index (χ1) is 11.0. The predicted molar refractivity (Wildman–Crippen MR) is 92.2 cm³/mol. The van der Waals surface area contributed by atoms with Gasteiger partial charge < -0.3 is 4.90 Å². The molecule has 0 amide bonds. The van der Waals surface area contributed by atoms with Crippen molar-refractivity contribution < 1.29 is 4.92 Å². The van der Waals surface area contributed by atoms with E-state index in [2.05, 4.69) is 20.2 Å². The van der Waals surface area contributed by atoms with Gasteiger partial charge in [-0.2, -0.15) is 0 Å². The van der Waals surface area contributed by atoms with Crippen LogP contribution in [0.3, 0.4) is 0 Å². The second kappa shape index (κ2) is 6.64. The average molecular weight is 332 g/mol. The van der Waals surface area contributed by atoms with Crippen LogP contribution < -0.4 is 4.90 Å². The number of nitro groups is 1. The fraction of sp³-hybridized carbons (Fsp3) is 0.438. The zero-order valence-electron chi connectivity index (χ0n) is 13.4. The summed E-state index contributed by atoms with van der Waals surface area (Å²) in [5.74, 6) is 0. The van der Waals surface area contributed by atoms with Crippen molar-refractivity contribution in [3.8, 4) is 0 Å². The number of anilines is 1. The van der Waals surface area contributed by atoms with E-state index in [0.29, 0.717) is 0 Å². The van der Waals surface area contributed by atoms with E-state index in [1.165, 1.54) is 0 Å². The number of thiazole rings is 1. The number of piperazine rings is 1. The van der Waals surface area contributed by atoms with Crippen molar-refractivity contribution in [2.45, 2.75) is 20.4 Å². The number of rotatable bonds is 4. The van der Waals surface area contributed by atoms with E-state index in [0.717, 1.165) is 54.7 Å². The molecule has 1 saturated heterocycles. The minimum absolute atomic E-state index is 0.208. The third-order valence-corrected chi connectivity index (χ3v) is 5.28. The van der Waals surface area contributed by atoms with E-state index in [-0.39, 0.29) is 10.6 Å². The van der Waals surface area contributed by atoms with Gasteiger partial charge in [0.25, 0.3) is 5.69 Å². The molecular weight excluding hydrogens is 312 g/mol. The summed E-state index contributed by atoms with van der Waals surface area (Å²) >= 11 is 1.69. The molecule has 1 aliphatic heterocycles. The number of nitro benzene ring substituents is 1. The number of nitrogens with zero attached hydrogens (tertiary/aromatic N) is 4. The van der Waals surface area contributed by atoms with Crippen LogP contribution in [0.5, 0.6) is 0 Å². The Labute approximate surface area is 139 Å². The largest absolute Gasteiger partial charge is 0.346 e. The standard InChI is InChI=1S/C16H20N4O2S/c1-12-11-23-16(17-12)19-8-6-18(7-9-19)10-14-4-3-5-15(13(14)2)20(21)22/h3-5,11H,6-10H2,1-2H3. The van der Waals surface area contributed by atoms with E-state index in [1.54, 1.807) is 23.5 Å². The highest BCUT2D eigenvalue weighted by Crippen LogP contribution is 2.24. The Morgan fingerprint density at radius 1 is 1.26 bits per heavy atom. The summed E-state index contributed by atoms with van der Waals surface area (Å²) in [7, 11) is 0. The third kappa shape index (κ3) is 3.51. The molecule has 0 atom stereocenters. The number of aryl methyl sites for hydroxylation is 1. The average Bonchev–Trinajstić information content (AvgIpc) is 2.96. The molecule has 0 aliphatic carbocycles. The van der Waals surface area contributed by atoms with Gasteiger partial charge in [-0.25, -0.2) is 4.98 Å². The van der Waals surface area contributed by atoms with Crippen molar-refractivity contribution in [2.24, 2.45) is 0 Å². The lowest BCUT2D eigenvalue weighted by molar-refractivity contribution is -0.385. The number of aromatic nitrogens is 1. The second-order valence-electron chi connectivity index (χ2n) is 5.85. The molecule has 1 fully saturated rings. The summed E-state index contributed by atoms with van der Waals surface area (Å²) in [4.78, 5) is 19.9. The minimum Gasteiger partial charge on any atom is -0.346 e. The molecule has 0 bridgehead atoms. The summed E-state index contributed by atoms with van der Waals surface area (Å²) in [5.41, 5.74) is 3.09. The normalized spacial score (nSPS) is 15.8. The fourth-order valence-corrected chi connectivity index (χ4v) is 3.72. The lowest BCUT2D eigenvalue weighted by Crippen LogP contribution is -2.46. The molecule has 3 rings (SSSR count).